The van der Waals surface area contributed by atoms with Gasteiger partial charge in [-0.3, -0.25) is 0 Å². The Bertz CT molecular complexity index is 455. The standard InChI is InChI=1S/C19H33NO4/c1-7-8-9-10-14-13(3)12(2)11-15(14)24-18(23)20-16(17(21)22)19(4,5)6/h7,12-16H,1,8-11H2,2-6H3,(H,20,23)(H,21,22)/t12-,13-,14?,15+,16-/m1/s1. The Morgan fingerprint density at radius 2 is 2.00 bits per heavy atom. The van der Waals surface area contributed by atoms with Gasteiger partial charge in [-0.1, -0.05) is 40.7 Å². The Kier molecular flexibility index (Phi) is 7.30. The highest BCUT2D eigenvalue weighted by molar-refractivity contribution is 5.80. The topological polar surface area (TPSA) is 75.6 Å². The van der Waals surface area contributed by atoms with Gasteiger partial charge in [0.25, 0.3) is 0 Å². The molecule has 24 heavy (non-hydrogen) atoms. The summed E-state index contributed by atoms with van der Waals surface area (Å²) in [7, 11) is 0. The molecule has 138 valence electrons. The van der Waals surface area contributed by atoms with Crippen molar-refractivity contribution in [2.45, 2.75) is 72.4 Å². The number of amides is 1. The number of carboxylic acid groups (broad SMARTS) is 1. The molecule has 1 unspecified atom stereocenters. The molecule has 1 fully saturated rings. The van der Waals surface area contributed by atoms with Crippen molar-refractivity contribution in [3.8, 4) is 0 Å². The van der Waals surface area contributed by atoms with E-state index in [0.717, 1.165) is 25.7 Å². The number of alkyl carbamates (subject to hydrolysis) is 1. The molecule has 5 heteroatoms. The van der Waals surface area contributed by atoms with Crippen molar-refractivity contribution >= 4 is 12.1 Å². The molecule has 1 amide bonds. The van der Waals surface area contributed by atoms with E-state index >= 15 is 0 Å². The zero-order valence-electron chi connectivity index (χ0n) is 15.7. The van der Waals surface area contributed by atoms with Gasteiger partial charge in [-0.05, 0) is 48.9 Å². The van der Waals surface area contributed by atoms with Crippen LogP contribution in [0, 0.1) is 23.2 Å². The van der Waals surface area contributed by atoms with Crippen LogP contribution in [0.3, 0.4) is 0 Å². The van der Waals surface area contributed by atoms with Crippen LogP contribution in [0.4, 0.5) is 4.79 Å². The minimum atomic E-state index is -1.05. The van der Waals surface area contributed by atoms with E-state index < -0.39 is 23.5 Å². The summed E-state index contributed by atoms with van der Waals surface area (Å²) in [5.41, 5.74) is -0.579. The van der Waals surface area contributed by atoms with Crippen LogP contribution >= 0.6 is 0 Å². The highest BCUT2D eigenvalue weighted by Gasteiger charge is 2.41. The van der Waals surface area contributed by atoms with Gasteiger partial charge in [-0.2, -0.15) is 0 Å². The van der Waals surface area contributed by atoms with Crippen molar-refractivity contribution in [3.63, 3.8) is 0 Å². The summed E-state index contributed by atoms with van der Waals surface area (Å²) in [5.74, 6) is 0.263. The highest BCUT2D eigenvalue weighted by Crippen LogP contribution is 2.41. The molecule has 0 aromatic rings. The number of allylic oxidation sites excluding steroid dienone is 1. The van der Waals surface area contributed by atoms with E-state index in [9.17, 15) is 14.7 Å². The molecule has 0 aromatic heterocycles. The van der Waals surface area contributed by atoms with Crippen LogP contribution in [0.5, 0.6) is 0 Å². The maximum Gasteiger partial charge on any atom is 0.408 e. The Morgan fingerprint density at radius 1 is 1.38 bits per heavy atom. The average Bonchev–Trinajstić information content (AvgIpc) is 2.71. The van der Waals surface area contributed by atoms with E-state index in [-0.39, 0.29) is 6.10 Å². The van der Waals surface area contributed by atoms with Crippen molar-refractivity contribution in [2.75, 3.05) is 0 Å². The van der Waals surface area contributed by atoms with Crippen LogP contribution in [0.15, 0.2) is 12.7 Å². The monoisotopic (exact) mass is 339 g/mol. The molecule has 5 nitrogen and oxygen atoms in total. The van der Waals surface area contributed by atoms with Crippen molar-refractivity contribution in [2.24, 2.45) is 23.2 Å². The Morgan fingerprint density at radius 3 is 2.50 bits per heavy atom. The number of unbranched alkanes of at least 4 members (excludes halogenated alkanes) is 1. The number of nitrogens with one attached hydrogen (secondary N) is 1. The van der Waals surface area contributed by atoms with Gasteiger partial charge in [0.05, 0.1) is 0 Å². The molecule has 0 radical (unpaired) electrons. The molecule has 0 spiro atoms. The lowest BCUT2D eigenvalue weighted by molar-refractivity contribution is -0.142. The molecule has 1 aliphatic carbocycles. The normalized spacial score (nSPS) is 28.2. The van der Waals surface area contributed by atoms with Crippen molar-refractivity contribution < 1.29 is 19.4 Å². The van der Waals surface area contributed by atoms with Crippen LogP contribution in [-0.2, 0) is 9.53 Å². The summed E-state index contributed by atoms with van der Waals surface area (Å²) in [4.78, 5) is 23.6. The van der Waals surface area contributed by atoms with Crippen molar-refractivity contribution in [1.29, 1.82) is 0 Å². The number of hydrogen-bond acceptors (Lipinski definition) is 3. The quantitative estimate of drug-likeness (QED) is 0.537. The molecule has 0 aromatic carbocycles. The van der Waals surface area contributed by atoms with E-state index in [2.05, 4.69) is 25.7 Å². The number of ether oxygens (including phenoxy) is 1. The number of aliphatic carboxylic acids is 1. The largest absolute Gasteiger partial charge is 0.480 e. The van der Waals surface area contributed by atoms with E-state index in [1.54, 1.807) is 20.8 Å². The van der Waals surface area contributed by atoms with Crippen LogP contribution < -0.4 is 5.32 Å². The van der Waals surface area contributed by atoms with Gasteiger partial charge in [0.15, 0.2) is 0 Å². The zero-order chi connectivity index (χ0) is 18.5. The zero-order valence-corrected chi connectivity index (χ0v) is 15.7. The van der Waals surface area contributed by atoms with Gasteiger partial charge in [0.1, 0.15) is 12.1 Å². The minimum Gasteiger partial charge on any atom is -0.480 e. The van der Waals surface area contributed by atoms with Crippen molar-refractivity contribution in [3.05, 3.63) is 12.7 Å². The molecule has 1 rings (SSSR count). The van der Waals surface area contributed by atoms with E-state index in [1.807, 2.05) is 6.08 Å². The van der Waals surface area contributed by atoms with E-state index in [4.69, 9.17) is 4.74 Å². The summed E-state index contributed by atoms with van der Waals surface area (Å²) in [6.45, 7) is 13.5. The summed E-state index contributed by atoms with van der Waals surface area (Å²) < 4.78 is 5.63. The molecule has 5 atom stereocenters. The number of carbonyl (C=O) groups is 2. The summed E-state index contributed by atoms with van der Waals surface area (Å²) >= 11 is 0. The van der Waals surface area contributed by atoms with Crippen LogP contribution in [-0.4, -0.2) is 29.3 Å². The number of carbonyl (C=O) groups excluding carboxylic acids is 1. The lowest BCUT2D eigenvalue weighted by atomic mass is 9.87. The third kappa shape index (κ3) is 5.53. The maximum atomic E-state index is 12.2. The lowest BCUT2D eigenvalue weighted by Gasteiger charge is -2.29. The molecule has 0 aliphatic heterocycles. The average molecular weight is 339 g/mol. The third-order valence-electron chi connectivity index (χ3n) is 5.23. The van der Waals surface area contributed by atoms with Crippen LogP contribution in [0.25, 0.3) is 0 Å². The first-order chi connectivity index (χ1) is 11.1. The molecular formula is C19H33NO4. The number of carboxylic acids is 1. The van der Waals surface area contributed by atoms with Crippen molar-refractivity contribution in [1.82, 2.24) is 5.32 Å². The fourth-order valence-corrected chi connectivity index (χ4v) is 3.54. The van der Waals surface area contributed by atoms with Crippen LogP contribution in [0.1, 0.15) is 60.3 Å². The van der Waals surface area contributed by atoms with Gasteiger partial charge in [0, 0.05) is 0 Å². The Balaban J connectivity index is 2.69. The van der Waals surface area contributed by atoms with Gasteiger partial charge in [0.2, 0.25) is 0 Å². The number of rotatable bonds is 7. The fourth-order valence-electron chi connectivity index (χ4n) is 3.54. The first-order valence-electron chi connectivity index (χ1n) is 8.88. The molecule has 1 aliphatic rings. The first-order valence-corrected chi connectivity index (χ1v) is 8.88. The highest BCUT2D eigenvalue weighted by atomic mass is 16.6. The molecule has 0 bridgehead atoms. The molecular weight excluding hydrogens is 306 g/mol. The maximum absolute atomic E-state index is 12.2. The summed E-state index contributed by atoms with van der Waals surface area (Å²) in [6, 6.07) is -0.972. The predicted octanol–water partition coefficient (Wildman–Crippen LogP) is 4.23. The Hall–Kier alpha value is -1.52. The van der Waals surface area contributed by atoms with Gasteiger partial charge in [-0.25, -0.2) is 9.59 Å². The molecule has 1 saturated carbocycles. The minimum absolute atomic E-state index is 0.144. The molecule has 0 saturated heterocycles. The van der Waals surface area contributed by atoms with E-state index in [0.29, 0.717) is 17.8 Å². The van der Waals surface area contributed by atoms with Gasteiger partial charge < -0.3 is 15.2 Å². The van der Waals surface area contributed by atoms with E-state index in [1.165, 1.54) is 0 Å². The second-order valence-electron chi connectivity index (χ2n) is 8.18. The number of hydrogen-bond donors (Lipinski definition) is 2. The smallest absolute Gasteiger partial charge is 0.408 e. The fraction of sp³-hybridized carbons (Fsp3) is 0.789. The van der Waals surface area contributed by atoms with Gasteiger partial charge in [-0.15, -0.1) is 6.58 Å². The third-order valence-corrected chi connectivity index (χ3v) is 5.23. The molecule has 2 N–H and O–H groups in total. The second kappa shape index (κ2) is 8.54. The predicted molar refractivity (Wildman–Crippen MR) is 94.8 cm³/mol. The SMILES string of the molecule is C=CCCCC1[C@@H](OC(=O)N[C@H](C(=O)O)C(C)(C)C)C[C@@H](C)[C@H]1C. The van der Waals surface area contributed by atoms with Crippen LogP contribution in [0.2, 0.25) is 0 Å². The summed E-state index contributed by atoms with van der Waals surface area (Å²) in [5, 5.41) is 11.8. The first kappa shape index (κ1) is 20.5. The second-order valence-corrected chi connectivity index (χ2v) is 8.18. The Labute approximate surface area is 145 Å². The molecule has 0 heterocycles. The summed E-state index contributed by atoms with van der Waals surface area (Å²) in [6.07, 6.45) is 4.96. The lowest BCUT2D eigenvalue weighted by Crippen LogP contribution is -2.50. The van der Waals surface area contributed by atoms with Gasteiger partial charge >= 0.3 is 12.1 Å².